The van der Waals surface area contributed by atoms with Gasteiger partial charge in [0, 0.05) is 5.56 Å². The molecule has 1 aliphatic carbocycles. The number of carbonyl (C=O) groups is 3. The number of nitrogens with zero attached hydrogens (tertiary/aromatic N) is 1. The van der Waals surface area contributed by atoms with Crippen molar-refractivity contribution in [2.45, 2.75) is 44.7 Å². The Hall–Kier alpha value is -2.61. The fourth-order valence-electron chi connectivity index (χ4n) is 3.91. The van der Waals surface area contributed by atoms with Crippen molar-refractivity contribution in [2.24, 2.45) is 5.92 Å². The highest BCUT2D eigenvalue weighted by Crippen LogP contribution is 2.35. The Morgan fingerprint density at radius 1 is 1.29 bits per heavy atom. The summed E-state index contributed by atoms with van der Waals surface area (Å²) in [6.07, 6.45) is 3.02. The molecule has 8 nitrogen and oxygen atoms in total. The molecule has 2 fully saturated rings. The summed E-state index contributed by atoms with van der Waals surface area (Å²) in [4.78, 5) is 38.4. The number of likely N-dealkylation sites (N-methyl/N-ethyl adjacent to an activating group) is 1. The summed E-state index contributed by atoms with van der Waals surface area (Å²) in [5.74, 6) is 0.624. The van der Waals surface area contributed by atoms with Crippen LogP contribution in [0.3, 0.4) is 0 Å². The third-order valence-corrected chi connectivity index (χ3v) is 5.65. The van der Waals surface area contributed by atoms with Gasteiger partial charge in [-0.2, -0.15) is 5.01 Å². The quantitative estimate of drug-likeness (QED) is 0.608. The van der Waals surface area contributed by atoms with Crippen molar-refractivity contribution in [3.05, 3.63) is 29.8 Å². The van der Waals surface area contributed by atoms with Gasteiger partial charge in [-0.3, -0.25) is 15.0 Å². The van der Waals surface area contributed by atoms with Crippen molar-refractivity contribution in [2.75, 3.05) is 20.7 Å². The second-order valence-electron chi connectivity index (χ2n) is 8.03. The molecule has 3 N–H and O–H groups in total. The Balaban J connectivity index is 1.53. The van der Waals surface area contributed by atoms with E-state index >= 15 is 0 Å². The second kappa shape index (κ2) is 8.18. The van der Waals surface area contributed by atoms with Gasteiger partial charge < -0.3 is 15.0 Å². The zero-order valence-corrected chi connectivity index (χ0v) is 16.7. The minimum atomic E-state index is -0.848. The number of methoxy groups -OCH3 is 1. The number of nitrogens with one attached hydrogen (secondary N) is 3. The fraction of sp³-hybridized carbons (Fsp3) is 0.550. The number of hydrogen-bond donors (Lipinski definition) is 3. The molecule has 1 saturated carbocycles. The summed E-state index contributed by atoms with van der Waals surface area (Å²) < 4.78 is 5.14. The number of rotatable bonds is 6. The normalized spacial score (nSPS) is 25.5. The van der Waals surface area contributed by atoms with Gasteiger partial charge in [-0.1, -0.05) is 6.92 Å². The Morgan fingerprint density at radius 2 is 1.93 bits per heavy atom. The molecule has 8 heteroatoms. The lowest BCUT2D eigenvalue weighted by Crippen LogP contribution is -3.09. The topological polar surface area (TPSA) is 92.2 Å². The Kier molecular flexibility index (Phi) is 5.88. The molecule has 1 spiro atoms. The average Bonchev–Trinajstić information content (AvgIpc) is 2.89. The molecule has 1 aromatic rings. The largest absolute Gasteiger partial charge is 0.497 e. The van der Waals surface area contributed by atoms with Crippen LogP contribution < -0.4 is 20.4 Å². The van der Waals surface area contributed by atoms with E-state index in [0.29, 0.717) is 25.3 Å². The van der Waals surface area contributed by atoms with Gasteiger partial charge in [-0.05, 0) is 55.9 Å². The van der Waals surface area contributed by atoms with E-state index in [1.807, 2.05) is 31.3 Å². The zero-order valence-electron chi connectivity index (χ0n) is 16.7. The Morgan fingerprint density at radius 3 is 2.54 bits per heavy atom. The van der Waals surface area contributed by atoms with Crippen LogP contribution in [0, 0.1) is 5.92 Å². The molecule has 0 bridgehead atoms. The summed E-state index contributed by atoms with van der Waals surface area (Å²) in [5.41, 5.74) is 2.71. The third-order valence-electron chi connectivity index (χ3n) is 5.65. The number of hydrazine groups is 1. The van der Waals surface area contributed by atoms with E-state index in [1.54, 1.807) is 7.11 Å². The molecule has 2 aliphatic rings. The van der Waals surface area contributed by atoms with Gasteiger partial charge >= 0.3 is 6.03 Å². The lowest BCUT2D eigenvalue weighted by Gasteiger charge is -2.33. The molecule has 3 rings (SSSR count). The summed E-state index contributed by atoms with van der Waals surface area (Å²) in [6, 6.07) is 7.11. The van der Waals surface area contributed by atoms with Gasteiger partial charge in [-0.25, -0.2) is 4.79 Å². The van der Waals surface area contributed by atoms with Crippen LogP contribution in [0.4, 0.5) is 4.79 Å². The third kappa shape index (κ3) is 4.27. The van der Waals surface area contributed by atoms with Crippen molar-refractivity contribution in [1.82, 2.24) is 15.8 Å². The lowest BCUT2D eigenvalue weighted by atomic mass is 9.77. The first-order valence-corrected chi connectivity index (χ1v) is 9.73. The van der Waals surface area contributed by atoms with Crippen LogP contribution in [0.15, 0.2) is 24.3 Å². The zero-order chi connectivity index (χ0) is 20.3. The highest BCUT2D eigenvalue weighted by molar-refractivity contribution is 6.08. The van der Waals surface area contributed by atoms with Crippen LogP contribution in [0.2, 0.25) is 0 Å². The molecule has 1 atom stereocenters. The molecule has 0 aromatic heterocycles. The average molecular weight is 389 g/mol. The number of urea groups is 1. The van der Waals surface area contributed by atoms with Crippen molar-refractivity contribution in [3.8, 4) is 5.75 Å². The number of ether oxygens (including phenoxy) is 1. The molecular weight excluding hydrogens is 360 g/mol. The fourth-order valence-corrected chi connectivity index (χ4v) is 3.91. The SMILES string of the molecule is COc1ccc(C[NH+](C)CC(=O)NN2C(=O)NC3(CCC(C)CC3)C2=O)cc1. The Labute approximate surface area is 165 Å². The van der Waals surface area contributed by atoms with Crippen LogP contribution in [-0.2, 0) is 16.1 Å². The molecule has 1 aromatic carbocycles. The van der Waals surface area contributed by atoms with Gasteiger partial charge in [0.05, 0.1) is 14.2 Å². The van der Waals surface area contributed by atoms with E-state index in [1.165, 1.54) is 0 Å². The number of quaternary nitrogens is 1. The van der Waals surface area contributed by atoms with E-state index in [4.69, 9.17) is 4.74 Å². The first-order chi connectivity index (χ1) is 13.3. The van der Waals surface area contributed by atoms with Crippen LogP contribution in [0.25, 0.3) is 0 Å². The van der Waals surface area contributed by atoms with Crippen molar-refractivity contribution >= 4 is 17.8 Å². The highest BCUT2D eigenvalue weighted by Gasteiger charge is 2.52. The molecule has 1 heterocycles. The first-order valence-electron chi connectivity index (χ1n) is 9.73. The van der Waals surface area contributed by atoms with Crippen molar-refractivity contribution < 1.29 is 24.0 Å². The molecule has 1 saturated heterocycles. The number of carbonyl (C=O) groups excluding carboxylic acids is 3. The predicted molar refractivity (Wildman–Crippen MR) is 102 cm³/mol. The molecule has 4 amide bonds. The van der Waals surface area contributed by atoms with Gasteiger partial charge in [0.1, 0.15) is 17.8 Å². The van der Waals surface area contributed by atoms with Crippen LogP contribution in [0.1, 0.15) is 38.2 Å². The van der Waals surface area contributed by atoms with Crippen molar-refractivity contribution in [1.29, 1.82) is 0 Å². The van der Waals surface area contributed by atoms with Crippen molar-refractivity contribution in [3.63, 3.8) is 0 Å². The second-order valence-corrected chi connectivity index (χ2v) is 8.03. The molecule has 28 heavy (non-hydrogen) atoms. The van der Waals surface area contributed by atoms with E-state index in [2.05, 4.69) is 17.7 Å². The first kappa shape index (κ1) is 20.1. The number of hydrogen-bond acceptors (Lipinski definition) is 4. The molecule has 1 aliphatic heterocycles. The minimum absolute atomic E-state index is 0.146. The molecule has 1 unspecified atom stereocenters. The molecule has 0 radical (unpaired) electrons. The lowest BCUT2D eigenvalue weighted by molar-refractivity contribution is -0.885. The standard InChI is InChI=1S/C20H28N4O4/c1-14-8-10-20(11-9-14)18(26)24(19(27)21-20)22-17(25)13-23(2)12-15-4-6-16(28-3)7-5-15/h4-7,14H,8-13H2,1-3H3,(H,21,27)(H,22,25)/p+1. The summed E-state index contributed by atoms with van der Waals surface area (Å²) in [5, 5.41) is 3.66. The van der Waals surface area contributed by atoms with E-state index in [-0.39, 0.29) is 18.4 Å². The summed E-state index contributed by atoms with van der Waals surface area (Å²) >= 11 is 0. The van der Waals surface area contributed by atoms with Gasteiger partial charge in [0.2, 0.25) is 0 Å². The summed E-state index contributed by atoms with van der Waals surface area (Å²) in [6.45, 7) is 2.93. The maximum atomic E-state index is 12.8. The smallest absolute Gasteiger partial charge is 0.344 e. The van der Waals surface area contributed by atoms with Gasteiger partial charge in [-0.15, -0.1) is 0 Å². The monoisotopic (exact) mass is 389 g/mol. The Bertz CT molecular complexity index is 741. The van der Waals surface area contributed by atoms with Crippen LogP contribution in [0.5, 0.6) is 5.75 Å². The van der Waals surface area contributed by atoms with Crippen LogP contribution >= 0.6 is 0 Å². The minimum Gasteiger partial charge on any atom is -0.497 e. The van der Waals surface area contributed by atoms with Gasteiger partial charge in [0.15, 0.2) is 6.54 Å². The van der Waals surface area contributed by atoms with Gasteiger partial charge in [0.25, 0.3) is 11.8 Å². The van der Waals surface area contributed by atoms with E-state index in [0.717, 1.165) is 34.1 Å². The number of benzene rings is 1. The molecular formula is C20H29N4O4+. The summed E-state index contributed by atoms with van der Waals surface area (Å²) in [7, 11) is 3.50. The van der Waals surface area contributed by atoms with Crippen LogP contribution in [-0.4, -0.2) is 49.1 Å². The maximum Gasteiger partial charge on any atom is 0.344 e. The number of amides is 4. The maximum absolute atomic E-state index is 12.8. The predicted octanol–water partition coefficient (Wildman–Crippen LogP) is 0.242. The highest BCUT2D eigenvalue weighted by atomic mass is 16.5. The number of imide groups is 1. The molecule has 152 valence electrons. The van der Waals surface area contributed by atoms with E-state index < -0.39 is 11.6 Å². The van der Waals surface area contributed by atoms with E-state index in [9.17, 15) is 14.4 Å².